The molecule has 2 aliphatic carbocycles. The molecular weight excluding hydrogens is 254 g/mol. The molecule has 2 saturated carbocycles. The second-order valence-electron chi connectivity index (χ2n) is 5.94. The fourth-order valence-electron chi connectivity index (χ4n) is 3.80. The molecule has 4 atom stereocenters. The van der Waals surface area contributed by atoms with Crippen LogP contribution in [0.4, 0.5) is 0 Å². The second-order valence-corrected chi connectivity index (χ2v) is 5.94. The van der Waals surface area contributed by atoms with Gasteiger partial charge in [0, 0.05) is 11.6 Å². The summed E-state index contributed by atoms with van der Waals surface area (Å²) in [6, 6.07) is 6.96. The predicted octanol–water partition coefficient (Wildman–Crippen LogP) is 2.28. The number of fused-ring (bicyclic) bond motifs is 2. The third-order valence-corrected chi connectivity index (χ3v) is 4.83. The summed E-state index contributed by atoms with van der Waals surface area (Å²) in [5, 5.41) is 13.4. The molecule has 4 rings (SSSR count). The summed E-state index contributed by atoms with van der Waals surface area (Å²) in [6.45, 7) is 0. The Morgan fingerprint density at radius 2 is 1.90 bits per heavy atom. The third-order valence-electron chi connectivity index (χ3n) is 4.83. The normalized spacial score (nSPS) is 31.9. The minimum atomic E-state index is 0.155. The molecule has 2 aliphatic rings. The van der Waals surface area contributed by atoms with E-state index in [2.05, 4.69) is 10.1 Å². The number of phenolic OH excluding ortho intramolecular Hbond substituents is 1. The molecule has 2 aromatic rings. The van der Waals surface area contributed by atoms with E-state index in [1.54, 1.807) is 24.3 Å². The van der Waals surface area contributed by atoms with Gasteiger partial charge in [-0.15, -0.1) is 0 Å². The number of aromatic nitrogens is 2. The first-order valence-electron chi connectivity index (χ1n) is 7.11. The molecule has 1 aromatic carbocycles. The van der Waals surface area contributed by atoms with Crippen LogP contribution in [0.5, 0.6) is 5.75 Å². The number of hydrogen-bond donors (Lipinski definition) is 2. The molecule has 0 radical (unpaired) electrons. The fraction of sp³-hybridized carbons (Fsp3) is 0.467. The maximum atomic E-state index is 9.31. The van der Waals surface area contributed by atoms with Crippen LogP contribution in [-0.4, -0.2) is 21.3 Å². The minimum Gasteiger partial charge on any atom is -0.508 e. The van der Waals surface area contributed by atoms with Gasteiger partial charge in [0.05, 0.1) is 5.92 Å². The Bertz CT molecular complexity index is 620. The number of phenols is 1. The zero-order valence-corrected chi connectivity index (χ0v) is 11.1. The molecule has 5 heteroatoms. The summed E-state index contributed by atoms with van der Waals surface area (Å²) in [5.74, 6) is 2.90. The molecule has 104 valence electrons. The van der Waals surface area contributed by atoms with Gasteiger partial charge in [0.1, 0.15) is 5.75 Å². The highest BCUT2D eigenvalue weighted by Gasteiger charge is 2.48. The van der Waals surface area contributed by atoms with Gasteiger partial charge in [-0.05, 0) is 55.4 Å². The van der Waals surface area contributed by atoms with Crippen LogP contribution in [0.3, 0.4) is 0 Å². The molecular formula is C15H17N3O2. The third kappa shape index (κ3) is 1.73. The molecule has 0 amide bonds. The zero-order valence-electron chi connectivity index (χ0n) is 11.1. The minimum absolute atomic E-state index is 0.155. The highest BCUT2D eigenvalue weighted by Crippen LogP contribution is 2.51. The Hall–Kier alpha value is -1.88. The van der Waals surface area contributed by atoms with Crippen molar-refractivity contribution in [3.63, 3.8) is 0 Å². The molecule has 1 aromatic heterocycles. The number of nitrogens with zero attached hydrogens (tertiary/aromatic N) is 2. The monoisotopic (exact) mass is 271 g/mol. The Morgan fingerprint density at radius 1 is 1.15 bits per heavy atom. The van der Waals surface area contributed by atoms with E-state index >= 15 is 0 Å². The van der Waals surface area contributed by atoms with E-state index < -0.39 is 0 Å². The quantitative estimate of drug-likeness (QED) is 0.875. The first-order valence-corrected chi connectivity index (χ1v) is 7.11. The molecule has 20 heavy (non-hydrogen) atoms. The van der Waals surface area contributed by atoms with Crippen LogP contribution in [0.2, 0.25) is 0 Å². The maximum Gasteiger partial charge on any atom is 0.231 e. The lowest BCUT2D eigenvalue weighted by Crippen LogP contribution is -2.34. The van der Waals surface area contributed by atoms with E-state index in [4.69, 9.17) is 10.3 Å². The summed E-state index contributed by atoms with van der Waals surface area (Å²) in [5.41, 5.74) is 7.15. The van der Waals surface area contributed by atoms with Crippen molar-refractivity contribution in [2.45, 2.75) is 31.2 Å². The topological polar surface area (TPSA) is 85.2 Å². The van der Waals surface area contributed by atoms with E-state index in [1.165, 1.54) is 19.3 Å². The lowest BCUT2D eigenvalue weighted by molar-refractivity contribution is 0.279. The van der Waals surface area contributed by atoms with Crippen molar-refractivity contribution in [3.05, 3.63) is 30.2 Å². The SMILES string of the molecule is NC1C2CCC(C2)C1c1nc(-c2ccc(O)cc2)no1. The molecule has 0 aliphatic heterocycles. The largest absolute Gasteiger partial charge is 0.508 e. The lowest BCUT2D eigenvalue weighted by Gasteiger charge is -2.24. The molecule has 0 spiro atoms. The van der Waals surface area contributed by atoms with Crippen LogP contribution >= 0.6 is 0 Å². The van der Waals surface area contributed by atoms with Gasteiger partial charge < -0.3 is 15.4 Å². The van der Waals surface area contributed by atoms with E-state index in [1.807, 2.05) is 0 Å². The molecule has 3 N–H and O–H groups in total. The molecule has 2 fully saturated rings. The van der Waals surface area contributed by atoms with Gasteiger partial charge >= 0.3 is 0 Å². The summed E-state index contributed by atoms with van der Waals surface area (Å²) in [7, 11) is 0. The highest BCUT2D eigenvalue weighted by molar-refractivity contribution is 5.55. The highest BCUT2D eigenvalue weighted by atomic mass is 16.5. The standard InChI is InChI=1S/C15H17N3O2/c16-13-10-2-1-9(7-10)12(13)15-17-14(18-20-15)8-3-5-11(19)6-4-8/h3-6,9-10,12-13,19H,1-2,7,16H2. The van der Waals surface area contributed by atoms with Crippen LogP contribution in [0, 0.1) is 11.8 Å². The van der Waals surface area contributed by atoms with Gasteiger partial charge in [0.15, 0.2) is 0 Å². The fourth-order valence-corrected chi connectivity index (χ4v) is 3.80. The Kier molecular flexibility index (Phi) is 2.57. The van der Waals surface area contributed by atoms with Crippen molar-refractivity contribution in [2.75, 3.05) is 0 Å². The van der Waals surface area contributed by atoms with Crippen molar-refractivity contribution in [3.8, 4) is 17.1 Å². The average Bonchev–Trinajstić information content (AvgIpc) is 3.14. The summed E-state index contributed by atoms with van der Waals surface area (Å²) >= 11 is 0. The van der Waals surface area contributed by atoms with Gasteiger partial charge in [0.2, 0.25) is 11.7 Å². The zero-order chi connectivity index (χ0) is 13.7. The van der Waals surface area contributed by atoms with Crippen molar-refractivity contribution >= 4 is 0 Å². The van der Waals surface area contributed by atoms with Gasteiger partial charge in [-0.25, -0.2) is 0 Å². The summed E-state index contributed by atoms with van der Waals surface area (Å²) < 4.78 is 5.45. The molecule has 0 saturated heterocycles. The number of rotatable bonds is 2. The van der Waals surface area contributed by atoms with Crippen molar-refractivity contribution in [1.29, 1.82) is 0 Å². The van der Waals surface area contributed by atoms with E-state index in [0.717, 1.165) is 5.56 Å². The second kappa shape index (κ2) is 4.31. The number of hydrogen-bond acceptors (Lipinski definition) is 5. The maximum absolute atomic E-state index is 9.31. The van der Waals surface area contributed by atoms with Crippen LogP contribution in [-0.2, 0) is 0 Å². The molecule has 4 unspecified atom stereocenters. The van der Waals surface area contributed by atoms with Crippen molar-refractivity contribution < 1.29 is 9.63 Å². The van der Waals surface area contributed by atoms with Gasteiger partial charge in [-0.2, -0.15) is 4.98 Å². The van der Waals surface area contributed by atoms with Crippen molar-refractivity contribution in [1.82, 2.24) is 10.1 Å². The van der Waals surface area contributed by atoms with Gasteiger partial charge in [-0.3, -0.25) is 0 Å². The molecule has 5 nitrogen and oxygen atoms in total. The van der Waals surface area contributed by atoms with Crippen molar-refractivity contribution in [2.24, 2.45) is 17.6 Å². The number of aromatic hydroxyl groups is 1. The first-order chi connectivity index (χ1) is 9.72. The Morgan fingerprint density at radius 3 is 2.60 bits per heavy atom. The van der Waals surface area contributed by atoms with Crippen LogP contribution in [0.15, 0.2) is 28.8 Å². The van der Waals surface area contributed by atoms with Gasteiger partial charge in [0.25, 0.3) is 0 Å². The van der Waals surface area contributed by atoms with E-state index in [0.29, 0.717) is 23.6 Å². The smallest absolute Gasteiger partial charge is 0.231 e. The van der Waals surface area contributed by atoms with E-state index in [9.17, 15) is 5.11 Å². The van der Waals surface area contributed by atoms with Crippen LogP contribution < -0.4 is 5.73 Å². The molecule has 2 bridgehead atoms. The number of benzene rings is 1. The predicted molar refractivity (Wildman–Crippen MR) is 72.9 cm³/mol. The van der Waals surface area contributed by atoms with Crippen LogP contribution in [0.1, 0.15) is 31.1 Å². The summed E-state index contributed by atoms with van der Waals surface area (Å²) in [4.78, 5) is 4.52. The van der Waals surface area contributed by atoms with Gasteiger partial charge in [-0.1, -0.05) is 5.16 Å². The molecule has 1 heterocycles. The van der Waals surface area contributed by atoms with E-state index in [-0.39, 0.29) is 17.7 Å². The number of nitrogens with two attached hydrogens (primary N) is 1. The Balaban J connectivity index is 1.64. The van der Waals surface area contributed by atoms with Crippen LogP contribution in [0.25, 0.3) is 11.4 Å². The lowest BCUT2D eigenvalue weighted by atomic mass is 9.85. The first kappa shape index (κ1) is 11.9. The average molecular weight is 271 g/mol. The summed E-state index contributed by atoms with van der Waals surface area (Å²) in [6.07, 6.45) is 3.66. The Labute approximate surface area is 116 Å².